The molecule has 0 bridgehead atoms. The van der Waals surface area contributed by atoms with Gasteiger partial charge >= 0.3 is 6.09 Å². The van der Waals surface area contributed by atoms with E-state index in [1.165, 1.54) is 30.3 Å². The van der Waals surface area contributed by atoms with Gasteiger partial charge in [0.25, 0.3) is 0 Å². The first-order valence-corrected chi connectivity index (χ1v) is 12.9. The van der Waals surface area contributed by atoms with Crippen LogP contribution in [0.1, 0.15) is 50.7 Å². The first kappa shape index (κ1) is 30.1. The standard InChI is InChI=1S/C27H31Cl2F2N3O4/c1-26(2,3)12-21-27(14-32,18-8-7-15(28)11-20(18)30)22(17-5-4-6-19(29)23(17)31)24(34-21)38-25(37)33-10-9-16(36)13-35/h4-8,11,16,21-22,24,34-36H,9-10,12-13H2,1-3H3,(H,33,37)/t16-,21-,22-,24-,27-/m0/s1. The second kappa shape index (κ2) is 12.1. The number of nitrogens with zero attached hydrogens (tertiary/aromatic N) is 1. The van der Waals surface area contributed by atoms with Crippen LogP contribution in [0.5, 0.6) is 0 Å². The zero-order chi connectivity index (χ0) is 28.3. The van der Waals surface area contributed by atoms with E-state index >= 15 is 8.78 Å². The van der Waals surface area contributed by atoms with Crippen molar-refractivity contribution in [3.8, 4) is 6.07 Å². The number of carbonyl (C=O) groups excluding carboxylic acids is 1. The lowest BCUT2D eigenvalue weighted by Crippen LogP contribution is -2.44. The number of alkyl carbamates (subject to hydrolysis) is 1. The van der Waals surface area contributed by atoms with Gasteiger partial charge in [0.15, 0.2) is 6.23 Å². The Balaban J connectivity index is 2.16. The molecule has 5 atom stereocenters. The summed E-state index contributed by atoms with van der Waals surface area (Å²) in [6.45, 7) is 5.35. The van der Waals surface area contributed by atoms with Gasteiger partial charge in [0.1, 0.15) is 17.0 Å². The third kappa shape index (κ3) is 6.38. The molecular weight excluding hydrogens is 539 g/mol. The van der Waals surface area contributed by atoms with Crippen molar-refractivity contribution in [3.05, 3.63) is 69.2 Å². The summed E-state index contributed by atoms with van der Waals surface area (Å²) < 4.78 is 36.7. The number of ether oxygens (including phenoxy) is 1. The van der Waals surface area contributed by atoms with Crippen LogP contribution in [-0.4, -0.2) is 47.8 Å². The van der Waals surface area contributed by atoms with Crippen LogP contribution in [0.2, 0.25) is 10.0 Å². The highest BCUT2D eigenvalue weighted by Gasteiger charge is 2.61. The van der Waals surface area contributed by atoms with Crippen LogP contribution >= 0.6 is 23.2 Å². The molecule has 1 amide bonds. The molecule has 0 spiro atoms. The summed E-state index contributed by atoms with van der Waals surface area (Å²) in [5.41, 5.74) is -2.14. The fourth-order valence-corrected chi connectivity index (χ4v) is 5.30. The Hall–Kier alpha value is -2.48. The van der Waals surface area contributed by atoms with Gasteiger partial charge in [-0.1, -0.05) is 62.2 Å². The summed E-state index contributed by atoms with van der Waals surface area (Å²) in [5.74, 6) is -2.77. The number of amides is 1. The second-order valence-corrected chi connectivity index (χ2v) is 11.4. The maximum Gasteiger partial charge on any atom is 0.408 e. The quantitative estimate of drug-likeness (QED) is 0.355. The van der Waals surface area contributed by atoms with Crippen molar-refractivity contribution in [2.75, 3.05) is 13.2 Å². The molecule has 1 fully saturated rings. The molecule has 3 rings (SSSR count). The largest absolute Gasteiger partial charge is 0.430 e. The van der Waals surface area contributed by atoms with E-state index in [-0.39, 0.29) is 39.6 Å². The molecule has 0 aromatic heterocycles. The van der Waals surface area contributed by atoms with Crippen LogP contribution in [0.25, 0.3) is 0 Å². The van der Waals surface area contributed by atoms with Crippen LogP contribution in [0.3, 0.4) is 0 Å². The van der Waals surface area contributed by atoms with Crippen molar-refractivity contribution < 1.29 is 28.5 Å². The van der Waals surface area contributed by atoms with Gasteiger partial charge in [0.2, 0.25) is 0 Å². The highest BCUT2D eigenvalue weighted by molar-refractivity contribution is 6.31. The molecular formula is C27H31Cl2F2N3O4. The van der Waals surface area contributed by atoms with Crippen LogP contribution in [0.4, 0.5) is 13.6 Å². The molecule has 38 heavy (non-hydrogen) atoms. The smallest absolute Gasteiger partial charge is 0.408 e. The fraction of sp³-hybridized carbons (Fsp3) is 0.481. The summed E-state index contributed by atoms with van der Waals surface area (Å²) in [4.78, 5) is 12.7. The number of aliphatic hydroxyl groups excluding tert-OH is 2. The normalized spacial score (nSPS) is 24.1. The van der Waals surface area contributed by atoms with Gasteiger partial charge < -0.3 is 20.3 Å². The lowest BCUT2D eigenvalue weighted by molar-refractivity contribution is 0.0684. The van der Waals surface area contributed by atoms with E-state index in [2.05, 4.69) is 16.7 Å². The SMILES string of the molecule is CC(C)(C)C[C@@H]1N[C@@H](OC(=O)NCC[C@H](O)CO)[C@H](c2cccc(Cl)c2F)[C@@]1(C#N)c1ccc(Cl)cc1F. The van der Waals surface area contributed by atoms with E-state index < -0.39 is 54.0 Å². The molecule has 1 aliphatic rings. The molecule has 1 heterocycles. The minimum absolute atomic E-state index is 0.00982. The van der Waals surface area contributed by atoms with Gasteiger partial charge in [-0.15, -0.1) is 0 Å². The Labute approximate surface area is 230 Å². The molecule has 11 heteroatoms. The predicted molar refractivity (Wildman–Crippen MR) is 140 cm³/mol. The second-order valence-electron chi connectivity index (χ2n) is 10.6. The molecule has 1 saturated heterocycles. The van der Waals surface area contributed by atoms with Crippen molar-refractivity contribution in [3.63, 3.8) is 0 Å². The number of aliphatic hydroxyl groups is 2. The lowest BCUT2D eigenvalue weighted by atomic mass is 9.63. The van der Waals surface area contributed by atoms with Gasteiger partial charge in [0, 0.05) is 23.2 Å². The molecule has 0 radical (unpaired) electrons. The number of nitriles is 1. The number of benzene rings is 2. The Morgan fingerprint density at radius 3 is 2.61 bits per heavy atom. The number of halogens is 4. The van der Waals surface area contributed by atoms with E-state index in [0.29, 0.717) is 6.42 Å². The predicted octanol–water partition coefficient (Wildman–Crippen LogP) is 5.02. The van der Waals surface area contributed by atoms with Crippen molar-refractivity contribution in [1.29, 1.82) is 5.26 Å². The molecule has 7 nitrogen and oxygen atoms in total. The Kier molecular flexibility index (Phi) is 9.61. The first-order valence-electron chi connectivity index (χ1n) is 12.1. The van der Waals surface area contributed by atoms with Crippen molar-refractivity contribution >= 4 is 29.3 Å². The van der Waals surface area contributed by atoms with Crippen molar-refractivity contribution in [2.24, 2.45) is 5.41 Å². The van der Waals surface area contributed by atoms with E-state index in [9.17, 15) is 15.2 Å². The topological polar surface area (TPSA) is 115 Å². The fourth-order valence-electron chi connectivity index (χ4n) is 4.96. The van der Waals surface area contributed by atoms with Crippen LogP contribution < -0.4 is 10.6 Å². The highest BCUT2D eigenvalue weighted by Crippen LogP contribution is 2.52. The van der Waals surface area contributed by atoms with E-state index in [4.69, 9.17) is 33.0 Å². The molecule has 0 saturated carbocycles. The highest BCUT2D eigenvalue weighted by atomic mass is 35.5. The molecule has 1 aliphatic heterocycles. The maximum absolute atomic E-state index is 15.5. The third-order valence-corrected chi connectivity index (χ3v) is 7.12. The number of hydrogen-bond acceptors (Lipinski definition) is 6. The average molecular weight is 570 g/mol. The van der Waals surface area contributed by atoms with Gasteiger partial charge in [-0.05, 0) is 42.0 Å². The Morgan fingerprint density at radius 1 is 1.29 bits per heavy atom. The van der Waals surface area contributed by atoms with Crippen LogP contribution in [-0.2, 0) is 10.2 Å². The monoisotopic (exact) mass is 569 g/mol. The molecule has 4 N–H and O–H groups in total. The van der Waals surface area contributed by atoms with E-state index in [0.717, 1.165) is 6.07 Å². The summed E-state index contributed by atoms with van der Waals surface area (Å²) in [5, 5.41) is 34.8. The summed E-state index contributed by atoms with van der Waals surface area (Å²) in [6, 6.07) is 9.70. The average Bonchev–Trinajstić information content (AvgIpc) is 3.12. The summed E-state index contributed by atoms with van der Waals surface area (Å²) in [6.07, 6.45) is -2.78. The number of rotatable bonds is 8. The summed E-state index contributed by atoms with van der Waals surface area (Å²) >= 11 is 12.1. The van der Waals surface area contributed by atoms with Crippen molar-refractivity contribution in [2.45, 2.75) is 63.3 Å². The van der Waals surface area contributed by atoms with Gasteiger partial charge in [-0.25, -0.2) is 13.6 Å². The number of nitrogens with one attached hydrogen (secondary N) is 2. The molecule has 0 aliphatic carbocycles. The lowest BCUT2D eigenvalue weighted by Gasteiger charge is -2.37. The minimum Gasteiger partial charge on any atom is -0.430 e. The third-order valence-electron chi connectivity index (χ3n) is 6.59. The minimum atomic E-state index is -1.73. The number of carbonyl (C=O) groups is 1. The van der Waals surface area contributed by atoms with E-state index in [1.54, 1.807) is 0 Å². The van der Waals surface area contributed by atoms with Crippen molar-refractivity contribution in [1.82, 2.24) is 10.6 Å². The van der Waals surface area contributed by atoms with Gasteiger partial charge in [0.05, 0.1) is 29.7 Å². The van der Waals surface area contributed by atoms with E-state index in [1.807, 2.05) is 20.8 Å². The van der Waals surface area contributed by atoms with Crippen LogP contribution in [0, 0.1) is 28.4 Å². The molecule has 2 aromatic rings. The van der Waals surface area contributed by atoms with Gasteiger partial charge in [-0.2, -0.15) is 5.26 Å². The summed E-state index contributed by atoms with van der Waals surface area (Å²) in [7, 11) is 0. The molecule has 206 valence electrons. The number of hydrogen-bond donors (Lipinski definition) is 4. The Morgan fingerprint density at radius 2 is 2.00 bits per heavy atom. The Bertz CT molecular complexity index is 1200. The maximum atomic E-state index is 15.5. The molecule has 2 aromatic carbocycles. The zero-order valence-electron chi connectivity index (χ0n) is 21.3. The van der Waals surface area contributed by atoms with Gasteiger partial charge in [-0.3, -0.25) is 5.32 Å². The van der Waals surface area contributed by atoms with Crippen LogP contribution in [0.15, 0.2) is 36.4 Å². The first-order chi connectivity index (χ1) is 17.8. The zero-order valence-corrected chi connectivity index (χ0v) is 22.8. The molecule has 0 unspecified atom stereocenters.